The summed E-state index contributed by atoms with van der Waals surface area (Å²) in [6.07, 6.45) is 1.80. The second-order valence-electron chi connectivity index (χ2n) is 4.46. The number of hydrogen-bond acceptors (Lipinski definition) is 3. The number of benzene rings is 1. The predicted molar refractivity (Wildman–Crippen MR) is 78.0 cm³/mol. The molecule has 1 aromatic carbocycles. The molecule has 100 valence electrons. The van der Waals surface area contributed by atoms with E-state index < -0.39 is 0 Å². The van der Waals surface area contributed by atoms with Crippen LogP contribution in [0.2, 0.25) is 0 Å². The van der Waals surface area contributed by atoms with E-state index in [1.807, 2.05) is 37.3 Å². The average molecular weight is 275 g/mol. The fourth-order valence-corrected chi connectivity index (χ4v) is 2.64. The lowest BCUT2D eigenvalue weighted by molar-refractivity contribution is -0.127. The highest BCUT2D eigenvalue weighted by Crippen LogP contribution is 2.24. The van der Waals surface area contributed by atoms with Gasteiger partial charge in [-0.1, -0.05) is 42.1 Å². The van der Waals surface area contributed by atoms with Gasteiger partial charge in [-0.3, -0.25) is 4.79 Å². The number of imidazole rings is 1. The van der Waals surface area contributed by atoms with Crippen molar-refractivity contribution in [3.05, 3.63) is 36.5 Å². The summed E-state index contributed by atoms with van der Waals surface area (Å²) in [6.45, 7) is 1.89. The van der Waals surface area contributed by atoms with E-state index >= 15 is 0 Å². The number of carbonyl (C=O) groups is 1. The Kier molecular flexibility index (Phi) is 4.27. The van der Waals surface area contributed by atoms with Gasteiger partial charge in [-0.25, -0.2) is 4.98 Å². The SMILES string of the molecule is CC(Sc1ncc(-c2ccccc2)[nH]1)C(=O)N(C)C. The summed E-state index contributed by atoms with van der Waals surface area (Å²) in [5.74, 6) is 0.0858. The van der Waals surface area contributed by atoms with E-state index in [4.69, 9.17) is 0 Å². The quantitative estimate of drug-likeness (QED) is 0.873. The van der Waals surface area contributed by atoms with Crippen LogP contribution in [-0.2, 0) is 4.79 Å². The first kappa shape index (κ1) is 13.7. The highest BCUT2D eigenvalue weighted by atomic mass is 32.2. The number of aromatic nitrogens is 2. The Morgan fingerprint density at radius 2 is 2.00 bits per heavy atom. The molecule has 19 heavy (non-hydrogen) atoms. The van der Waals surface area contributed by atoms with Crippen LogP contribution in [0.4, 0.5) is 0 Å². The number of carbonyl (C=O) groups excluding carboxylic acids is 1. The van der Waals surface area contributed by atoms with Crippen LogP contribution >= 0.6 is 11.8 Å². The van der Waals surface area contributed by atoms with Gasteiger partial charge in [0.15, 0.2) is 5.16 Å². The molecule has 1 heterocycles. The summed E-state index contributed by atoms with van der Waals surface area (Å²) in [6, 6.07) is 10.0. The van der Waals surface area contributed by atoms with Gasteiger partial charge in [0.1, 0.15) is 0 Å². The molecule has 2 aromatic rings. The first-order valence-electron chi connectivity index (χ1n) is 6.06. The maximum absolute atomic E-state index is 11.8. The smallest absolute Gasteiger partial charge is 0.235 e. The molecule has 2 rings (SSSR count). The van der Waals surface area contributed by atoms with Gasteiger partial charge in [0.25, 0.3) is 0 Å². The molecule has 0 fully saturated rings. The third-order valence-electron chi connectivity index (χ3n) is 2.71. The fraction of sp³-hybridized carbons (Fsp3) is 0.286. The number of nitrogens with one attached hydrogen (secondary N) is 1. The summed E-state index contributed by atoms with van der Waals surface area (Å²) in [5.41, 5.74) is 2.06. The third-order valence-corrected chi connectivity index (χ3v) is 3.70. The number of nitrogens with zero attached hydrogens (tertiary/aromatic N) is 2. The summed E-state index contributed by atoms with van der Waals surface area (Å²) in [4.78, 5) is 20.9. The Balaban J connectivity index is 2.08. The summed E-state index contributed by atoms with van der Waals surface area (Å²) in [7, 11) is 3.52. The predicted octanol–water partition coefficient (Wildman–Crippen LogP) is 2.65. The number of H-pyrrole nitrogens is 1. The van der Waals surface area contributed by atoms with Gasteiger partial charge in [0.2, 0.25) is 5.91 Å². The molecule has 0 aliphatic carbocycles. The largest absolute Gasteiger partial charge is 0.348 e. The minimum Gasteiger partial charge on any atom is -0.348 e. The Bertz CT molecular complexity index is 551. The molecule has 0 aliphatic rings. The Labute approximate surface area is 117 Å². The van der Waals surface area contributed by atoms with Crippen molar-refractivity contribution >= 4 is 17.7 Å². The standard InChI is InChI=1S/C14H17N3OS/c1-10(13(18)17(2)3)19-14-15-9-12(16-14)11-7-5-4-6-8-11/h4-10H,1-3H3,(H,15,16). The molecule has 1 aromatic heterocycles. The second kappa shape index (κ2) is 5.93. The van der Waals surface area contributed by atoms with Gasteiger partial charge in [-0.05, 0) is 12.5 Å². The van der Waals surface area contributed by atoms with Gasteiger partial charge in [-0.15, -0.1) is 0 Å². The first-order valence-corrected chi connectivity index (χ1v) is 6.94. The van der Waals surface area contributed by atoms with Crippen LogP contribution in [0.15, 0.2) is 41.7 Å². The topological polar surface area (TPSA) is 49.0 Å². The van der Waals surface area contributed by atoms with Crippen LogP contribution in [0.25, 0.3) is 11.3 Å². The van der Waals surface area contributed by atoms with Crippen molar-refractivity contribution in [2.75, 3.05) is 14.1 Å². The summed E-state index contributed by atoms with van der Waals surface area (Å²) < 4.78 is 0. The number of rotatable bonds is 4. The van der Waals surface area contributed by atoms with Crippen molar-refractivity contribution in [3.63, 3.8) is 0 Å². The van der Waals surface area contributed by atoms with Crippen molar-refractivity contribution < 1.29 is 4.79 Å². The molecular formula is C14H17N3OS. The van der Waals surface area contributed by atoms with Crippen LogP contribution in [0, 0.1) is 0 Å². The summed E-state index contributed by atoms with van der Waals surface area (Å²) in [5, 5.41) is 0.617. The van der Waals surface area contributed by atoms with Crippen LogP contribution < -0.4 is 0 Å². The van der Waals surface area contributed by atoms with E-state index in [2.05, 4.69) is 9.97 Å². The summed E-state index contributed by atoms with van der Waals surface area (Å²) >= 11 is 1.44. The van der Waals surface area contributed by atoms with Crippen molar-refractivity contribution in [2.24, 2.45) is 0 Å². The molecule has 1 N–H and O–H groups in total. The van der Waals surface area contributed by atoms with Crippen molar-refractivity contribution in [3.8, 4) is 11.3 Å². The molecule has 0 bridgehead atoms. The lowest BCUT2D eigenvalue weighted by Crippen LogP contribution is -2.29. The molecule has 1 atom stereocenters. The number of amides is 1. The lowest BCUT2D eigenvalue weighted by Gasteiger charge is -2.14. The monoisotopic (exact) mass is 275 g/mol. The normalized spacial score (nSPS) is 12.2. The van der Waals surface area contributed by atoms with Gasteiger partial charge >= 0.3 is 0 Å². The first-order chi connectivity index (χ1) is 9.08. The second-order valence-corrected chi connectivity index (χ2v) is 5.79. The average Bonchev–Trinajstić information content (AvgIpc) is 2.87. The molecule has 1 amide bonds. The molecule has 5 heteroatoms. The van der Waals surface area contributed by atoms with Crippen molar-refractivity contribution in [2.45, 2.75) is 17.3 Å². The molecule has 1 unspecified atom stereocenters. The molecule has 4 nitrogen and oxygen atoms in total. The van der Waals surface area contributed by atoms with E-state index in [0.29, 0.717) is 0 Å². The van der Waals surface area contributed by atoms with E-state index in [1.165, 1.54) is 11.8 Å². The molecule has 0 aliphatic heterocycles. The van der Waals surface area contributed by atoms with Gasteiger partial charge in [0.05, 0.1) is 17.1 Å². The van der Waals surface area contributed by atoms with Gasteiger partial charge in [-0.2, -0.15) is 0 Å². The maximum Gasteiger partial charge on any atom is 0.235 e. The van der Waals surface area contributed by atoms with E-state index in [-0.39, 0.29) is 11.2 Å². The van der Waals surface area contributed by atoms with Crippen LogP contribution in [0.1, 0.15) is 6.92 Å². The Hall–Kier alpha value is -1.75. The molecule has 0 saturated carbocycles. The molecule has 0 spiro atoms. The van der Waals surface area contributed by atoms with Gasteiger partial charge in [0, 0.05) is 14.1 Å². The van der Waals surface area contributed by atoms with Crippen LogP contribution in [0.5, 0.6) is 0 Å². The minimum atomic E-state index is -0.148. The van der Waals surface area contributed by atoms with Gasteiger partial charge < -0.3 is 9.88 Å². The highest BCUT2D eigenvalue weighted by molar-refractivity contribution is 8.00. The van der Waals surface area contributed by atoms with Crippen LogP contribution in [-0.4, -0.2) is 40.1 Å². The third kappa shape index (κ3) is 3.38. The fourth-order valence-electron chi connectivity index (χ4n) is 1.71. The Morgan fingerprint density at radius 1 is 1.32 bits per heavy atom. The van der Waals surface area contributed by atoms with Crippen molar-refractivity contribution in [1.82, 2.24) is 14.9 Å². The number of aromatic amines is 1. The number of thioether (sulfide) groups is 1. The number of hydrogen-bond donors (Lipinski definition) is 1. The molecular weight excluding hydrogens is 258 g/mol. The van der Waals surface area contributed by atoms with E-state index in [0.717, 1.165) is 16.4 Å². The lowest BCUT2D eigenvalue weighted by atomic mass is 10.2. The zero-order chi connectivity index (χ0) is 13.8. The van der Waals surface area contributed by atoms with E-state index in [1.54, 1.807) is 25.2 Å². The zero-order valence-corrected chi connectivity index (χ0v) is 12.1. The zero-order valence-electron chi connectivity index (χ0n) is 11.3. The Morgan fingerprint density at radius 3 is 2.63 bits per heavy atom. The highest BCUT2D eigenvalue weighted by Gasteiger charge is 2.17. The molecule has 0 saturated heterocycles. The molecule has 0 radical (unpaired) electrons. The van der Waals surface area contributed by atoms with Crippen molar-refractivity contribution in [1.29, 1.82) is 0 Å². The minimum absolute atomic E-state index is 0.0858. The maximum atomic E-state index is 11.8. The van der Waals surface area contributed by atoms with Crippen LogP contribution in [0.3, 0.4) is 0 Å². The van der Waals surface area contributed by atoms with E-state index in [9.17, 15) is 4.79 Å².